The summed E-state index contributed by atoms with van der Waals surface area (Å²) in [6, 6.07) is 2.18. The molecule has 0 saturated heterocycles. The van der Waals surface area contributed by atoms with Crippen LogP contribution in [0.2, 0.25) is 0 Å². The molecular weight excluding hydrogens is 210 g/mol. The van der Waals surface area contributed by atoms with E-state index >= 15 is 0 Å². The van der Waals surface area contributed by atoms with Crippen LogP contribution in [0.25, 0.3) is 0 Å². The lowest BCUT2D eigenvalue weighted by Gasteiger charge is -2.19. The summed E-state index contributed by atoms with van der Waals surface area (Å²) in [6.07, 6.45) is 5.10. The fourth-order valence-electron chi connectivity index (χ4n) is 2.29. The van der Waals surface area contributed by atoms with Crippen LogP contribution in [0.4, 0.5) is 0 Å². The summed E-state index contributed by atoms with van der Waals surface area (Å²) >= 11 is 0. The van der Waals surface area contributed by atoms with Gasteiger partial charge in [0.1, 0.15) is 0 Å². The van der Waals surface area contributed by atoms with Gasteiger partial charge in [-0.15, -0.1) is 0 Å². The summed E-state index contributed by atoms with van der Waals surface area (Å²) in [5, 5.41) is 8.61. The normalized spacial score (nSPS) is 28.0. The molecule has 0 bridgehead atoms. The fourth-order valence-corrected chi connectivity index (χ4v) is 4.38. The molecule has 86 valence electrons. The summed E-state index contributed by atoms with van der Waals surface area (Å²) in [6.45, 7) is 1.87. The van der Waals surface area contributed by atoms with Crippen molar-refractivity contribution in [2.45, 2.75) is 50.7 Å². The predicted molar refractivity (Wildman–Crippen MR) is 60.1 cm³/mol. The molecule has 0 aromatic rings. The van der Waals surface area contributed by atoms with Crippen molar-refractivity contribution in [1.29, 1.82) is 5.26 Å². The molecule has 1 aliphatic carbocycles. The molecule has 0 heterocycles. The highest BCUT2D eigenvalue weighted by molar-refractivity contribution is 7.92. The monoisotopic (exact) mass is 229 g/mol. The van der Waals surface area contributed by atoms with E-state index in [4.69, 9.17) is 5.26 Å². The van der Waals surface area contributed by atoms with Crippen LogP contribution in [0.15, 0.2) is 0 Å². The average Bonchev–Trinajstić information content (AvgIpc) is 2.42. The third-order valence-electron chi connectivity index (χ3n) is 3.07. The molecule has 0 N–H and O–H groups in total. The Morgan fingerprint density at radius 2 is 1.93 bits per heavy atom. The Morgan fingerprint density at radius 1 is 1.27 bits per heavy atom. The molecule has 0 aliphatic heterocycles. The number of nitrogens with zero attached hydrogens (tertiary/aromatic N) is 1. The third-order valence-corrected chi connectivity index (χ3v) is 5.53. The number of sulfone groups is 1. The molecule has 0 radical (unpaired) electrons. The van der Waals surface area contributed by atoms with Crippen LogP contribution in [-0.2, 0) is 9.84 Å². The summed E-state index contributed by atoms with van der Waals surface area (Å²) < 4.78 is 23.9. The van der Waals surface area contributed by atoms with E-state index in [1.54, 1.807) is 0 Å². The van der Waals surface area contributed by atoms with Gasteiger partial charge in [0, 0.05) is 0 Å². The lowest BCUT2D eigenvalue weighted by atomic mass is 10.0. The SMILES string of the molecule is CCCS(=O)(=O)C1CCCCCC1C#N. The van der Waals surface area contributed by atoms with Crippen molar-refractivity contribution in [1.82, 2.24) is 0 Å². The maximum absolute atomic E-state index is 12.0. The number of rotatable bonds is 3. The van der Waals surface area contributed by atoms with Gasteiger partial charge >= 0.3 is 0 Å². The molecule has 2 atom stereocenters. The molecule has 0 aromatic carbocycles. The van der Waals surface area contributed by atoms with Crippen LogP contribution >= 0.6 is 0 Å². The van der Waals surface area contributed by atoms with Crippen LogP contribution in [0.5, 0.6) is 0 Å². The number of hydrogen-bond donors (Lipinski definition) is 0. The van der Waals surface area contributed by atoms with Crippen molar-refractivity contribution in [3.8, 4) is 6.07 Å². The molecule has 1 fully saturated rings. The van der Waals surface area contributed by atoms with E-state index in [9.17, 15) is 8.42 Å². The van der Waals surface area contributed by atoms with Crippen LogP contribution in [0.3, 0.4) is 0 Å². The number of nitriles is 1. The Kier molecular flexibility index (Phi) is 4.59. The Balaban J connectivity index is 2.84. The van der Waals surface area contributed by atoms with Gasteiger partial charge in [-0.3, -0.25) is 0 Å². The molecule has 4 heteroatoms. The Hall–Kier alpha value is -0.560. The second-order valence-corrected chi connectivity index (χ2v) is 6.62. The quantitative estimate of drug-likeness (QED) is 0.698. The molecule has 0 amide bonds. The molecule has 1 aliphatic rings. The van der Waals surface area contributed by atoms with Crippen molar-refractivity contribution in [2.24, 2.45) is 5.92 Å². The topological polar surface area (TPSA) is 57.9 Å². The second-order valence-electron chi connectivity index (χ2n) is 4.28. The summed E-state index contributed by atoms with van der Waals surface area (Å²) in [5.74, 6) is -0.0420. The van der Waals surface area contributed by atoms with Crippen LogP contribution < -0.4 is 0 Å². The highest BCUT2D eigenvalue weighted by Crippen LogP contribution is 2.28. The average molecular weight is 229 g/mol. The van der Waals surface area contributed by atoms with E-state index in [1.807, 2.05) is 6.92 Å². The van der Waals surface area contributed by atoms with Gasteiger partial charge in [0.15, 0.2) is 9.84 Å². The first kappa shape index (κ1) is 12.5. The lowest BCUT2D eigenvalue weighted by Crippen LogP contribution is -2.30. The summed E-state index contributed by atoms with van der Waals surface area (Å²) in [7, 11) is -3.04. The zero-order valence-electron chi connectivity index (χ0n) is 9.28. The zero-order valence-corrected chi connectivity index (χ0v) is 10.1. The summed E-state index contributed by atoms with van der Waals surface area (Å²) in [5.41, 5.74) is 0. The van der Waals surface area contributed by atoms with Gasteiger partial charge in [0.05, 0.1) is 23.0 Å². The Bertz CT molecular complexity index is 329. The van der Waals surface area contributed by atoms with Crippen molar-refractivity contribution < 1.29 is 8.42 Å². The maximum atomic E-state index is 12.0. The Labute approximate surface area is 92.4 Å². The third kappa shape index (κ3) is 3.20. The van der Waals surface area contributed by atoms with Crippen LogP contribution in [-0.4, -0.2) is 19.4 Å². The van der Waals surface area contributed by atoms with Gasteiger partial charge in [0.25, 0.3) is 0 Å². The standard InChI is InChI=1S/C11H19NO2S/c1-2-8-15(13,14)11-7-5-3-4-6-10(11)9-12/h10-11H,2-8H2,1H3. The highest BCUT2D eigenvalue weighted by Gasteiger charge is 2.33. The minimum atomic E-state index is -3.04. The van der Waals surface area contributed by atoms with Crippen molar-refractivity contribution in [2.75, 3.05) is 5.75 Å². The molecular formula is C11H19NO2S. The smallest absolute Gasteiger partial charge is 0.154 e. The van der Waals surface area contributed by atoms with E-state index < -0.39 is 15.1 Å². The first-order valence-corrected chi connectivity index (χ1v) is 7.44. The van der Waals surface area contributed by atoms with Crippen LogP contribution in [0.1, 0.15) is 45.4 Å². The maximum Gasteiger partial charge on any atom is 0.154 e. The van der Waals surface area contributed by atoms with E-state index in [0.29, 0.717) is 12.8 Å². The largest absolute Gasteiger partial charge is 0.229 e. The number of hydrogen-bond acceptors (Lipinski definition) is 3. The summed E-state index contributed by atoms with van der Waals surface area (Å²) in [4.78, 5) is 0. The molecule has 0 aromatic heterocycles. The van der Waals surface area contributed by atoms with Crippen molar-refractivity contribution >= 4 is 9.84 Å². The minimum absolute atomic E-state index is 0.232. The molecule has 1 rings (SSSR count). The van der Waals surface area contributed by atoms with Gasteiger partial charge < -0.3 is 0 Å². The fraction of sp³-hybridized carbons (Fsp3) is 0.909. The van der Waals surface area contributed by atoms with Gasteiger partial charge in [0.2, 0.25) is 0 Å². The van der Waals surface area contributed by atoms with E-state index in [-0.39, 0.29) is 11.7 Å². The van der Waals surface area contributed by atoms with Crippen molar-refractivity contribution in [3.05, 3.63) is 0 Å². The van der Waals surface area contributed by atoms with E-state index in [2.05, 4.69) is 6.07 Å². The predicted octanol–water partition coefficient (Wildman–Crippen LogP) is 2.28. The second kappa shape index (κ2) is 5.50. The van der Waals surface area contributed by atoms with Gasteiger partial charge in [-0.1, -0.05) is 26.2 Å². The van der Waals surface area contributed by atoms with E-state index in [1.165, 1.54) is 0 Å². The minimum Gasteiger partial charge on any atom is -0.229 e. The lowest BCUT2D eigenvalue weighted by molar-refractivity contribution is 0.522. The Morgan fingerprint density at radius 3 is 2.53 bits per heavy atom. The van der Waals surface area contributed by atoms with Crippen LogP contribution in [0, 0.1) is 17.2 Å². The highest BCUT2D eigenvalue weighted by atomic mass is 32.2. The molecule has 2 unspecified atom stereocenters. The van der Waals surface area contributed by atoms with E-state index in [0.717, 1.165) is 25.7 Å². The van der Waals surface area contributed by atoms with Crippen molar-refractivity contribution in [3.63, 3.8) is 0 Å². The van der Waals surface area contributed by atoms with Gasteiger partial charge in [-0.25, -0.2) is 8.42 Å². The first-order valence-electron chi connectivity index (χ1n) is 5.73. The molecule has 0 spiro atoms. The first-order chi connectivity index (χ1) is 7.11. The molecule has 1 saturated carbocycles. The zero-order chi connectivity index (χ0) is 11.3. The van der Waals surface area contributed by atoms with Gasteiger partial charge in [-0.05, 0) is 19.3 Å². The molecule has 15 heavy (non-hydrogen) atoms. The molecule has 3 nitrogen and oxygen atoms in total. The van der Waals surface area contributed by atoms with Gasteiger partial charge in [-0.2, -0.15) is 5.26 Å².